The minimum atomic E-state index is -2.94. The normalized spacial score (nSPS) is 18.2. The van der Waals surface area contributed by atoms with Crippen molar-refractivity contribution in [2.75, 3.05) is 0 Å². The predicted octanol–water partition coefficient (Wildman–Crippen LogP) is 7.62. The van der Waals surface area contributed by atoms with Crippen LogP contribution in [-0.4, -0.2) is 16.9 Å². The summed E-state index contributed by atoms with van der Waals surface area (Å²) in [6, 6.07) is 5.47. The van der Waals surface area contributed by atoms with E-state index in [2.05, 4.69) is 5.32 Å². The second kappa shape index (κ2) is 9.44. The summed E-state index contributed by atoms with van der Waals surface area (Å²) < 4.78 is 28.9. The lowest BCUT2D eigenvalue weighted by atomic mass is 9.83. The van der Waals surface area contributed by atoms with Crippen LogP contribution >= 0.6 is 11.3 Å². The number of aromatic nitrogens is 1. The molecule has 0 aliphatic heterocycles. The average Bonchev–Trinajstić information content (AvgIpc) is 3.13. The molecule has 2 fully saturated rings. The van der Waals surface area contributed by atoms with Gasteiger partial charge in [-0.3, -0.25) is 4.79 Å². The van der Waals surface area contributed by atoms with Crippen molar-refractivity contribution in [3.63, 3.8) is 0 Å². The maximum absolute atomic E-state index is 14.4. The van der Waals surface area contributed by atoms with Gasteiger partial charge in [0.1, 0.15) is 0 Å². The van der Waals surface area contributed by atoms with E-state index < -0.39 is 5.92 Å². The molecule has 1 aromatic heterocycles. The molecule has 33 heavy (non-hydrogen) atoms. The van der Waals surface area contributed by atoms with Crippen molar-refractivity contribution in [3.8, 4) is 10.4 Å². The summed E-state index contributed by atoms with van der Waals surface area (Å²) in [6.45, 7) is 7.07. The van der Waals surface area contributed by atoms with Crippen molar-refractivity contribution in [1.29, 1.82) is 0 Å². The van der Waals surface area contributed by atoms with Crippen LogP contribution in [0.5, 0.6) is 0 Å². The lowest BCUT2D eigenvalue weighted by Crippen LogP contribution is -2.39. The Labute approximate surface area is 200 Å². The van der Waals surface area contributed by atoms with Crippen LogP contribution in [0.2, 0.25) is 0 Å². The minimum absolute atomic E-state index is 0.0161. The molecule has 1 N–H and O–H groups in total. The molecule has 2 aliphatic carbocycles. The van der Waals surface area contributed by atoms with Gasteiger partial charge in [-0.1, -0.05) is 52.9 Å². The number of halogens is 2. The molecular weight excluding hydrogens is 438 g/mol. The zero-order valence-corrected chi connectivity index (χ0v) is 21.1. The number of carbonyl (C=O) groups is 1. The Balaban J connectivity index is 1.76. The molecular formula is C27H36F2N2OS. The third-order valence-corrected chi connectivity index (χ3v) is 8.25. The molecule has 2 saturated carbocycles. The van der Waals surface area contributed by atoms with E-state index in [-0.39, 0.29) is 22.9 Å². The van der Waals surface area contributed by atoms with Gasteiger partial charge >= 0.3 is 0 Å². The third kappa shape index (κ3) is 5.82. The smallest absolute Gasteiger partial charge is 0.280 e. The molecule has 6 heteroatoms. The number of carbonyl (C=O) groups excluding carboxylic acids is 1. The molecule has 3 nitrogen and oxygen atoms in total. The van der Waals surface area contributed by atoms with Gasteiger partial charge < -0.3 is 5.32 Å². The van der Waals surface area contributed by atoms with Crippen LogP contribution in [-0.2, 0) is 17.8 Å². The molecule has 4 rings (SSSR count). The van der Waals surface area contributed by atoms with Gasteiger partial charge in [0.2, 0.25) is 0 Å². The molecule has 0 radical (unpaired) electrons. The van der Waals surface area contributed by atoms with Gasteiger partial charge in [-0.2, -0.15) is 0 Å². The fourth-order valence-corrected chi connectivity index (χ4v) is 5.71. The molecule has 1 heterocycles. The zero-order valence-electron chi connectivity index (χ0n) is 20.3. The van der Waals surface area contributed by atoms with Gasteiger partial charge in [0, 0.05) is 18.5 Å². The molecule has 180 valence electrons. The molecule has 0 atom stereocenters. The quantitative estimate of drug-likeness (QED) is 0.468. The first-order chi connectivity index (χ1) is 15.5. The second-order valence-corrected chi connectivity index (χ2v) is 12.0. The molecule has 2 aromatic rings. The lowest BCUT2D eigenvalue weighted by molar-refractivity contribution is 0.0174. The molecule has 1 aromatic carbocycles. The van der Waals surface area contributed by atoms with Crippen LogP contribution in [0, 0.1) is 5.92 Å². The Bertz CT molecular complexity index is 960. The molecule has 1 amide bonds. The first-order valence-corrected chi connectivity index (χ1v) is 13.2. The predicted molar refractivity (Wildman–Crippen MR) is 131 cm³/mol. The van der Waals surface area contributed by atoms with Crippen molar-refractivity contribution >= 4 is 17.2 Å². The molecule has 0 spiro atoms. The Kier molecular flexibility index (Phi) is 6.95. The van der Waals surface area contributed by atoms with Crippen molar-refractivity contribution in [1.82, 2.24) is 10.3 Å². The number of nitrogens with one attached hydrogen (secondary N) is 1. The average molecular weight is 475 g/mol. The number of rotatable bonds is 6. The van der Waals surface area contributed by atoms with Gasteiger partial charge in [0.25, 0.3) is 11.8 Å². The fraction of sp³-hybridized carbons (Fsp3) is 0.630. The maximum Gasteiger partial charge on any atom is 0.280 e. The van der Waals surface area contributed by atoms with Gasteiger partial charge in [-0.15, -0.1) is 11.3 Å². The Morgan fingerprint density at radius 3 is 2.24 bits per heavy atom. The number of hydrogen-bond donors (Lipinski definition) is 1. The monoisotopic (exact) mass is 474 g/mol. The van der Waals surface area contributed by atoms with Crippen molar-refractivity contribution in [2.45, 2.75) is 103 Å². The van der Waals surface area contributed by atoms with E-state index in [9.17, 15) is 13.6 Å². The lowest BCUT2D eigenvalue weighted by Gasteiger charge is -2.25. The van der Waals surface area contributed by atoms with Crippen molar-refractivity contribution in [3.05, 3.63) is 40.0 Å². The summed E-state index contributed by atoms with van der Waals surface area (Å²) in [4.78, 5) is 18.6. The van der Waals surface area contributed by atoms with Gasteiger partial charge in [0.05, 0.1) is 10.6 Å². The number of hydrogen-bond acceptors (Lipinski definition) is 3. The summed E-state index contributed by atoms with van der Waals surface area (Å²) in [6.07, 6.45) is 10.0. The number of thiazole rings is 1. The van der Waals surface area contributed by atoms with E-state index in [0.29, 0.717) is 10.9 Å². The van der Waals surface area contributed by atoms with Crippen molar-refractivity contribution in [2.24, 2.45) is 5.92 Å². The van der Waals surface area contributed by atoms with Crippen LogP contribution in [0.4, 0.5) is 8.78 Å². The Morgan fingerprint density at radius 1 is 1.00 bits per heavy atom. The summed E-state index contributed by atoms with van der Waals surface area (Å²) >= 11 is 1.36. The molecule has 0 bridgehead atoms. The van der Waals surface area contributed by atoms with Crippen LogP contribution < -0.4 is 5.32 Å². The fourth-order valence-electron chi connectivity index (χ4n) is 4.72. The molecule has 0 unspecified atom stereocenters. The van der Waals surface area contributed by atoms with Crippen LogP contribution in [0.25, 0.3) is 10.4 Å². The Hall–Kier alpha value is -1.82. The van der Waals surface area contributed by atoms with E-state index in [1.54, 1.807) is 12.1 Å². The van der Waals surface area contributed by atoms with Gasteiger partial charge in [0.15, 0.2) is 5.01 Å². The summed E-state index contributed by atoms with van der Waals surface area (Å²) in [5.41, 5.74) is 2.26. The van der Waals surface area contributed by atoms with E-state index in [1.807, 2.05) is 26.8 Å². The largest absolute Gasteiger partial charge is 0.347 e. The topological polar surface area (TPSA) is 42.0 Å². The van der Waals surface area contributed by atoms with Gasteiger partial charge in [-0.05, 0) is 66.3 Å². The highest BCUT2D eigenvalue weighted by atomic mass is 32.1. The highest BCUT2D eigenvalue weighted by Crippen LogP contribution is 2.40. The molecule has 0 saturated heterocycles. The highest BCUT2D eigenvalue weighted by molar-refractivity contribution is 7.17. The van der Waals surface area contributed by atoms with E-state index in [1.165, 1.54) is 43.4 Å². The number of amides is 1. The highest BCUT2D eigenvalue weighted by Gasteiger charge is 2.30. The van der Waals surface area contributed by atoms with Gasteiger partial charge in [-0.25, -0.2) is 13.8 Å². The summed E-state index contributed by atoms with van der Waals surface area (Å²) in [5.74, 6) is -2.52. The standard InChI is InChI=1S/C27H36F2N2OS/c1-26(2,3)19-14-18(15-20(16-19)27(4,28)29)23-22(13-17-9-6-5-7-10-17)31-25(33-23)24(32)30-21-11-8-12-21/h14-17,21H,5-13H2,1-4H3,(H,30,32). The van der Waals surface area contributed by atoms with E-state index in [4.69, 9.17) is 4.98 Å². The number of alkyl halides is 2. The van der Waals surface area contributed by atoms with E-state index in [0.717, 1.165) is 54.3 Å². The molecule has 2 aliphatic rings. The zero-order chi connectivity index (χ0) is 23.8. The second-order valence-electron chi connectivity index (χ2n) is 11.0. The first kappa shape index (κ1) is 24.3. The summed E-state index contributed by atoms with van der Waals surface area (Å²) in [5, 5.41) is 3.54. The van der Waals surface area contributed by atoms with Crippen LogP contribution in [0.1, 0.15) is 106 Å². The van der Waals surface area contributed by atoms with Crippen LogP contribution in [0.15, 0.2) is 18.2 Å². The SMILES string of the molecule is CC(C)(C)c1cc(-c2sc(C(=O)NC3CCC3)nc2CC2CCCCC2)cc(C(C)(F)F)c1. The minimum Gasteiger partial charge on any atom is -0.347 e. The third-order valence-electron chi connectivity index (χ3n) is 7.11. The number of nitrogens with zero attached hydrogens (tertiary/aromatic N) is 1. The van der Waals surface area contributed by atoms with Crippen molar-refractivity contribution < 1.29 is 13.6 Å². The summed E-state index contributed by atoms with van der Waals surface area (Å²) in [7, 11) is 0. The maximum atomic E-state index is 14.4. The first-order valence-electron chi connectivity index (χ1n) is 12.4. The Morgan fingerprint density at radius 2 is 1.67 bits per heavy atom. The number of benzene rings is 1. The van der Waals surface area contributed by atoms with Crippen LogP contribution in [0.3, 0.4) is 0 Å². The van der Waals surface area contributed by atoms with E-state index >= 15 is 0 Å².